The van der Waals surface area contributed by atoms with Gasteiger partial charge in [-0.1, -0.05) is 60.1 Å². The monoisotopic (exact) mass is 439 g/mol. The van der Waals surface area contributed by atoms with Crippen LogP contribution >= 0.6 is 0 Å². The van der Waals surface area contributed by atoms with Gasteiger partial charge in [0.15, 0.2) is 0 Å². The van der Waals surface area contributed by atoms with Crippen LogP contribution < -0.4 is 0 Å². The minimum atomic E-state index is -0.252. The van der Waals surface area contributed by atoms with Gasteiger partial charge in [-0.05, 0) is 37.5 Å². The third-order valence-corrected chi connectivity index (χ3v) is 4.19. The van der Waals surface area contributed by atoms with E-state index in [0.717, 1.165) is 19.4 Å². The smallest absolute Gasteiger partial charge is 0.111 e. The predicted molar refractivity (Wildman–Crippen MR) is 109 cm³/mol. The van der Waals surface area contributed by atoms with Crippen molar-refractivity contribution in [3.63, 3.8) is 0 Å². The Hall–Kier alpha value is 0.474. The summed E-state index contributed by atoms with van der Waals surface area (Å²) in [5.41, 5.74) is -0.0645. The molecule has 2 nitrogen and oxygen atoms in total. The van der Waals surface area contributed by atoms with Crippen molar-refractivity contribution in [3.8, 4) is 0 Å². The summed E-state index contributed by atoms with van der Waals surface area (Å²) in [6.45, 7) is 20.8. The van der Waals surface area contributed by atoms with Gasteiger partial charge in [-0.15, -0.1) is 5.92 Å². The van der Waals surface area contributed by atoms with E-state index in [1.807, 2.05) is 20.8 Å². The Balaban J connectivity index is 0. The minimum absolute atomic E-state index is 0. The quantitative estimate of drug-likeness (QED) is 0.356. The third kappa shape index (κ3) is 15.5. The zero-order chi connectivity index (χ0) is 19.5. The van der Waals surface area contributed by atoms with Gasteiger partial charge in [0.05, 0.1) is 6.10 Å². The van der Waals surface area contributed by atoms with E-state index in [2.05, 4.69) is 46.8 Å². The molecule has 1 rings (SSSR count). The fourth-order valence-electron chi connectivity index (χ4n) is 2.99. The fourth-order valence-corrected chi connectivity index (χ4v) is 2.99. The standard InChI is InChI=1S/C12H23O.C11H19O.Y/c1-9(8-11(2,3)4)10(13)12(5,6)7;1-2-10-12-11-8-6-4-3-5-7-9-11;/h9H,1,8H2,2-7H3;3-4,11H,1-2,5-10H2;/q2*-1;/b;4-3+;. The molecular weight excluding hydrogens is 397 g/mol. The van der Waals surface area contributed by atoms with E-state index < -0.39 is 0 Å². The second-order valence-electron chi connectivity index (χ2n) is 9.40. The third-order valence-electron chi connectivity index (χ3n) is 4.19. The van der Waals surface area contributed by atoms with E-state index in [9.17, 15) is 4.79 Å². The van der Waals surface area contributed by atoms with Crippen LogP contribution in [0, 0.1) is 30.6 Å². The summed E-state index contributed by atoms with van der Waals surface area (Å²) in [5, 5.41) is 0. The molecule has 0 N–H and O–H groups in total. The molecule has 3 heteroatoms. The van der Waals surface area contributed by atoms with Gasteiger partial charge in [-0.3, -0.25) is 0 Å². The summed E-state index contributed by atoms with van der Waals surface area (Å²) in [5.74, 6) is 0.197. The molecule has 151 valence electrons. The van der Waals surface area contributed by atoms with Crippen molar-refractivity contribution in [2.45, 2.75) is 92.6 Å². The van der Waals surface area contributed by atoms with E-state index in [1.165, 1.54) is 32.1 Å². The number of hydrogen-bond acceptors (Lipinski definition) is 2. The number of hydrogen-bond donors (Lipinski definition) is 0. The summed E-state index contributed by atoms with van der Waals surface area (Å²) in [7, 11) is 0. The van der Waals surface area contributed by atoms with E-state index in [4.69, 9.17) is 4.74 Å². The van der Waals surface area contributed by atoms with Gasteiger partial charge >= 0.3 is 0 Å². The van der Waals surface area contributed by atoms with Crippen LogP contribution in [0.4, 0.5) is 0 Å². The van der Waals surface area contributed by atoms with Gasteiger partial charge in [0.25, 0.3) is 0 Å². The molecule has 0 aromatic heterocycles. The van der Waals surface area contributed by atoms with Gasteiger partial charge in [0.1, 0.15) is 5.78 Å². The number of carbonyl (C=O) groups is 1. The molecule has 0 aromatic carbocycles. The molecule has 0 saturated heterocycles. The van der Waals surface area contributed by atoms with Crippen LogP contribution in [0.5, 0.6) is 0 Å². The molecule has 0 bridgehead atoms. The topological polar surface area (TPSA) is 26.3 Å². The zero-order valence-corrected chi connectivity index (χ0v) is 21.1. The average Bonchev–Trinajstić information content (AvgIpc) is 2.43. The van der Waals surface area contributed by atoms with Crippen LogP contribution in [0.2, 0.25) is 0 Å². The SMILES string of the molecule is [CH2-]C(CC(C)(C)C)C(=O)C(C)(C)C.[CH2-]CCOC1CC/C=C/CCC1.[Y]. The van der Waals surface area contributed by atoms with Crippen molar-refractivity contribution in [3.05, 3.63) is 26.0 Å². The minimum Gasteiger partial charge on any atom is -0.381 e. The molecule has 0 heterocycles. The van der Waals surface area contributed by atoms with Crippen molar-refractivity contribution in [2.24, 2.45) is 16.7 Å². The Morgan fingerprint density at radius 2 is 1.69 bits per heavy atom. The van der Waals surface area contributed by atoms with E-state index in [-0.39, 0.29) is 55.2 Å². The molecule has 26 heavy (non-hydrogen) atoms. The van der Waals surface area contributed by atoms with Crippen LogP contribution in [-0.2, 0) is 42.2 Å². The molecule has 1 aliphatic carbocycles. The maximum absolute atomic E-state index is 11.8. The van der Waals surface area contributed by atoms with Gasteiger partial charge in [0.2, 0.25) is 0 Å². The van der Waals surface area contributed by atoms with Crippen LogP contribution in [0.15, 0.2) is 12.2 Å². The molecule has 0 saturated carbocycles. The Morgan fingerprint density at radius 1 is 1.12 bits per heavy atom. The summed E-state index contributed by atoms with van der Waals surface area (Å²) in [6, 6.07) is 0. The number of rotatable bonds is 5. The molecule has 0 aliphatic heterocycles. The summed E-state index contributed by atoms with van der Waals surface area (Å²) < 4.78 is 5.67. The Kier molecular flexibility index (Phi) is 16.0. The molecule has 0 amide bonds. The first-order valence-corrected chi connectivity index (χ1v) is 9.90. The number of carbonyl (C=O) groups excluding carboxylic acids is 1. The normalized spacial score (nSPS) is 20.5. The number of allylic oxidation sites excluding steroid dienone is 2. The van der Waals surface area contributed by atoms with E-state index in [1.54, 1.807) is 0 Å². The molecular formula is C23H42O2Y-2. The predicted octanol–water partition coefficient (Wildman–Crippen LogP) is 6.60. The molecule has 0 fully saturated rings. The summed E-state index contributed by atoms with van der Waals surface area (Å²) in [6.07, 6.45) is 12.9. The molecule has 2 unspecified atom stereocenters. The maximum Gasteiger partial charge on any atom is 0.111 e. The first-order chi connectivity index (χ1) is 11.5. The average molecular weight is 439 g/mol. The van der Waals surface area contributed by atoms with E-state index in [0.29, 0.717) is 6.10 Å². The van der Waals surface area contributed by atoms with Crippen molar-refractivity contribution in [1.29, 1.82) is 0 Å². The van der Waals surface area contributed by atoms with Crippen LogP contribution in [0.3, 0.4) is 0 Å². The largest absolute Gasteiger partial charge is 0.381 e. The summed E-state index contributed by atoms with van der Waals surface area (Å²) >= 11 is 0. The molecule has 1 aliphatic rings. The zero-order valence-electron chi connectivity index (χ0n) is 18.3. The van der Waals surface area contributed by atoms with Gasteiger partial charge < -0.3 is 23.4 Å². The first kappa shape index (κ1) is 28.7. The van der Waals surface area contributed by atoms with Crippen molar-refractivity contribution in [1.82, 2.24) is 0 Å². The van der Waals surface area contributed by atoms with Gasteiger partial charge in [-0.25, -0.2) is 0 Å². The first-order valence-electron chi connectivity index (χ1n) is 9.90. The molecule has 0 aromatic rings. The second-order valence-corrected chi connectivity index (χ2v) is 9.40. The second kappa shape index (κ2) is 14.5. The Morgan fingerprint density at radius 3 is 2.19 bits per heavy atom. The Bertz CT molecular complexity index is 388. The van der Waals surface area contributed by atoms with Crippen molar-refractivity contribution < 1.29 is 42.2 Å². The van der Waals surface area contributed by atoms with Crippen LogP contribution in [0.1, 0.15) is 86.5 Å². The van der Waals surface area contributed by atoms with Gasteiger partial charge in [0, 0.05) is 44.7 Å². The maximum atomic E-state index is 11.8. The molecule has 1 radical (unpaired) electrons. The van der Waals surface area contributed by atoms with Crippen molar-refractivity contribution >= 4 is 5.78 Å². The van der Waals surface area contributed by atoms with Gasteiger partial charge in [-0.2, -0.15) is 6.42 Å². The van der Waals surface area contributed by atoms with Crippen LogP contribution in [-0.4, -0.2) is 18.5 Å². The van der Waals surface area contributed by atoms with Crippen molar-refractivity contribution in [2.75, 3.05) is 6.61 Å². The molecule has 2 atom stereocenters. The summed E-state index contributed by atoms with van der Waals surface area (Å²) in [4.78, 5) is 11.8. The number of ketones is 1. The number of Topliss-reactive ketones (excluding diaryl/α,β-unsaturated/α-hetero) is 1. The fraction of sp³-hybridized carbons (Fsp3) is 0.783. The van der Waals surface area contributed by atoms with Crippen LogP contribution in [0.25, 0.3) is 0 Å². The molecule has 0 spiro atoms. The van der Waals surface area contributed by atoms with E-state index >= 15 is 0 Å². The number of ether oxygens (including phenoxy) is 1. The Labute approximate surface area is 189 Å².